The van der Waals surface area contributed by atoms with Crippen molar-refractivity contribution in [3.63, 3.8) is 0 Å². The van der Waals surface area contributed by atoms with E-state index < -0.39 is 0 Å². The van der Waals surface area contributed by atoms with Crippen molar-refractivity contribution in [1.29, 1.82) is 0 Å². The van der Waals surface area contributed by atoms with Crippen LogP contribution >= 0.6 is 36.2 Å². The van der Waals surface area contributed by atoms with Crippen molar-refractivity contribution in [3.8, 4) is 0 Å². The fourth-order valence-electron chi connectivity index (χ4n) is 3.93. The summed E-state index contributed by atoms with van der Waals surface area (Å²) in [6.45, 7) is 6.66. The maximum Gasteiger partial charge on any atom is 0.228 e. The number of anilines is 1. The van der Waals surface area contributed by atoms with Gasteiger partial charge in [-0.15, -0.1) is 36.2 Å². The number of amides is 2. The van der Waals surface area contributed by atoms with Crippen LogP contribution in [0.5, 0.6) is 0 Å². The highest BCUT2D eigenvalue weighted by Gasteiger charge is 2.31. The Morgan fingerprint density at radius 3 is 2.70 bits per heavy atom. The van der Waals surface area contributed by atoms with Gasteiger partial charge in [0.25, 0.3) is 0 Å². The first-order valence-corrected chi connectivity index (χ1v) is 10.1. The fraction of sp³-hybridized carbons (Fsp3) is 0.706. The van der Waals surface area contributed by atoms with Crippen LogP contribution in [-0.2, 0) is 16.0 Å². The van der Waals surface area contributed by atoms with Crippen molar-refractivity contribution in [2.24, 2.45) is 0 Å². The standard InChI is InChI=1S/C17H25N5O2S.2ClH/c23-15-2-1-6-22(15)17-19-13(12-25-17)10-16(24)21-7-3-14(11-21)20-8-4-18-5-9-20;;/h12,14,18H,1-11H2;2*1H. The second-order valence-electron chi connectivity index (χ2n) is 7.02. The van der Waals surface area contributed by atoms with E-state index in [0.717, 1.165) is 69.5 Å². The molecule has 3 fully saturated rings. The van der Waals surface area contributed by atoms with Gasteiger partial charge in [-0.05, 0) is 12.8 Å². The largest absolute Gasteiger partial charge is 0.341 e. The van der Waals surface area contributed by atoms with E-state index in [4.69, 9.17) is 0 Å². The number of hydrogen-bond donors (Lipinski definition) is 1. The SMILES string of the molecule is Cl.Cl.O=C(Cc1csc(N2CCCC2=O)n1)N1CCC(N2CCNCC2)C1. The number of likely N-dealkylation sites (tertiary alicyclic amines) is 1. The van der Waals surface area contributed by atoms with Gasteiger partial charge < -0.3 is 10.2 Å². The highest BCUT2D eigenvalue weighted by Crippen LogP contribution is 2.26. The van der Waals surface area contributed by atoms with Crippen LogP contribution in [0.2, 0.25) is 0 Å². The molecule has 27 heavy (non-hydrogen) atoms. The summed E-state index contributed by atoms with van der Waals surface area (Å²) in [7, 11) is 0. The molecule has 3 saturated heterocycles. The van der Waals surface area contributed by atoms with E-state index >= 15 is 0 Å². The number of hydrogen-bond acceptors (Lipinski definition) is 6. The van der Waals surface area contributed by atoms with Crippen LogP contribution < -0.4 is 10.2 Å². The zero-order valence-electron chi connectivity index (χ0n) is 15.3. The molecule has 1 aromatic rings. The van der Waals surface area contributed by atoms with Gasteiger partial charge in [0.2, 0.25) is 11.8 Å². The molecule has 0 bridgehead atoms. The van der Waals surface area contributed by atoms with Gasteiger partial charge in [0.05, 0.1) is 12.1 Å². The first-order chi connectivity index (χ1) is 12.2. The molecular formula is C17H27Cl2N5O2S. The average Bonchev–Trinajstić information content (AvgIpc) is 3.36. The molecule has 10 heteroatoms. The van der Waals surface area contributed by atoms with E-state index in [1.807, 2.05) is 10.3 Å². The first-order valence-electron chi connectivity index (χ1n) is 9.18. The number of piperazine rings is 1. The van der Waals surface area contributed by atoms with E-state index in [2.05, 4.69) is 15.2 Å². The second kappa shape index (κ2) is 10.0. The highest BCUT2D eigenvalue weighted by atomic mass is 35.5. The summed E-state index contributed by atoms with van der Waals surface area (Å²) in [5.41, 5.74) is 0.787. The number of nitrogens with one attached hydrogen (secondary N) is 1. The Bertz CT molecular complexity index is 653. The quantitative estimate of drug-likeness (QED) is 0.768. The van der Waals surface area contributed by atoms with Crippen LogP contribution in [-0.4, -0.2) is 78.5 Å². The first kappa shape index (κ1) is 22.4. The Hall–Kier alpha value is -0.930. The van der Waals surface area contributed by atoms with Gasteiger partial charge in [0.1, 0.15) is 0 Å². The summed E-state index contributed by atoms with van der Waals surface area (Å²) >= 11 is 1.47. The van der Waals surface area contributed by atoms with Crippen molar-refractivity contribution < 1.29 is 9.59 Å². The average molecular weight is 436 g/mol. The molecule has 0 aliphatic carbocycles. The molecule has 2 amide bonds. The molecule has 3 aliphatic heterocycles. The van der Waals surface area contributed by atoms with E-state index in [1.165, 1.54) is 11.3 Å². The predicted molar refractivity (Wildman–Crippen MR) is 111 cm³/mol. The number of rotatable bonds is 4. The van der Waals surface area contributed by atoms with Gasteiger partial charge in [-0.1, -0.05) is 0 Å². The van der Waals surface area contributed by atoms with Crippen LogP contribution in [0.3, 0.4) is 0 Å². The smallest absolute Gasteiger partial charge is 0.228 e. The van der Waals surface area contributed by atoms with Gasteiger partial charge >= 0.3 is 0 Å². The number of carbonyl (C=O) groups is 2. The maximum atomic E-state index is 12.6. The molecule has 3 aliphatic rings. The Morgan fingerprint density at radius 2 is 2.00 bits per heavy atom. The van der Waals surface area contributed by atoms with Crippen molar-refractivity contribution in [2.45, 2.75) is 31.7 Å². The third-order valence-electron chi connectivity index (χ3n) is 5.36. The van der Waals surface area contributed by atoms with Gasteiger partial charge in [0, 0.05) is 63.7 Å². The van der Waals surface area contributed by atoms with Gasteiger partial charge in [-0.2, -0.15) is 0 Å². The van der Waals surface area contributed by atoms with Crippen LogP contribution in [0, 0.1) is 0 Å². The minimum atomic E-state index is 0. The molecule has 152 valence electrons. The van der Waals surface area contributed by atoms with Crippen LogP contribution in [0.15, 0.2) is 5.38 Å². The Kier molecular flexibility index (Phi) is 8.30. The number of nitrogens with zero attached hydrogens (tertiary/aromatic N) is 4. The minimum Gasteiger partial charge on any atom is -0.341 e. The Labute approximate surface area is 176 Å². The van der Waals surface area contributed by atoms with Crippen molar-refractivity contribution in [1.82, 2.24) is 20.1 Å². The molecule has 0 aromatic carbocycles. The lowest BCUT2D eigenvalue weighted by Gasteiger charge is -2.32. The minimum absolute atomic E-state index is 0. The summed E-state index contributed by atoms with van der Waals surface area (Å²) < 4.78 is 0. The Morgan fingerprint density at radius 1 is 1.22 bits per heavy atom. The lowest BCUT2D eigenvalue weighted by molar-refractivity contribution is -0.129. The van der Waals surface area contributed by atoms with E-state index in [0.29, 0.717) is 18.9 Å². The monoisotopic (exact) mass is 435 g/mol. The predicted octanol–water partition coefficient (Wildman–Crippen LogP) is 1.16. The normalized spacial score (nSPS) is 23.3. The van der Waals surface area contributed by atoms with Gasteiger partial charge in [-0.3, -0.25) is 19.4 Å². The van der Waals surface area contributed by atoms with Crippen LogP contribution in [0.1, 0.15) is 25.0 Å². The molecule has 0 radical (unpaired) electrons. The highest BCUT2D eigenvalue weighted by molar-refractivity contribution is 7.14. The Balaban J connectivity index is 0.00000131. The van der Waals surface area contributed by atoms with E-state index in [-0.39, 0.29) is 36.6 Å². The summed E-state index contributed by atoms with van der Waals surface area (Å²) in [5.74, 6) is 0.299. The molecule has 4 rings (SSSR count). The molecular weight excluding hydrogens is 409 g/mol. The molecule has 1 N–H and O–H groups in total. The third-order valence-corrected chi connectivity index (χ3v) is 6.27. The van der Waals surface area contributed by atoms with E-state index in [9.17, 15) is 9.59 Å². The number of halogens is 2. The van der Waals surface area contributed by atoms with E-state index in [1.54, 1.807) is 4.90 Å². The molecule has 1 unspecified atom stereocenters. The number of carbonyl (C=O) groups excluding carboxylic acids is 2. The molecule has 1 aromatic heterocycles. The summed E-state index contributed by atoms with van der Waals surface area (Å²) in [6.07, 6.45) is 2.91. The van der Waals surface area contributed by atoms with Crippen molar-refractivity contribution in [3.05, 3.63) is 11.1 Å². The topological polar surface area (TPSA) is 68.8 Å². The molecule has 0 saturated carbocycles. The number of thiazole rings is 1. The molecule has 7 nitrogen and oxygen atoms in total. The lowest BCUT2D eigenvalue weighted by atomic mass is 10.2. The zero-order valence-corrected chi connectivity index (χ0v) is 17.7. The molecule has 1 atom stereocenters. The fourth-order valence-corrected chi connectivity index (χ4v) is 4.80. The molecule has 4 heterocycles. The number of aromatic nitrogens is 1. The van der Waals surface area contributed by atoms with Crippen molar-refractivity contribution in [2.75, 3.05) is 50.7 Å². The summed E-state index contributed by atoms with van der Waals surface area (Å²) in [5, 5.41) is 6.04. The summed E-state index contributed by atoms with van der Waals surface area (Å²) in [4.78, 5) is 35.2. The van der Waals surface area contributed by atoms with Gasteiger partial charge in [-0.25, -0.2) is 4.98 Å². The maximum absolute atomic E-state index is 12.6. The van der Waals surface area contributed by atoms with Crippen LogP contribution in [0.25, 0.3) is 0 Å². The third kappa shape index (κ3) is 5.12. The second-order valence-corrected chi connectivity index (χ2v) is 7.85. The van der Waals surface area contributed by atoms with Gasteiger partial charge in [0.15, 0.2) is 5.13 Å². The lowest BCUT2D eigenvalue weighted by Crippen LogP contribution is -2.49. The molecule has 0 spiro atoms. The van der Waals surface area contributed by atoms with Crippen molar-refractivity contribution >= 4 is 53.1 Å². The zero-order chi connectivity index (χ0) is 17.2. The van der Waals surface area contributed by atoms with Crippen LogP contribution in [0.4, 0.5) is 5.13 Å². The summed E-state index contributed by atoms with van der Waals surface area (Å²) in [6, 6.07) is 0.499.